The van der Waals surface area contributed by atoms with Crippen LogP contribution in [-0.2, 0) is 19.7 Å². The zero-order chi connectivity index (χ0) is 41.2. The third-order valence-corrected chi connectivity index (χ3v) is 12.7. The van der Waals surface area contributed by atoms with E-state index in [4.69, 9.17) is 14.9 Å². The smallest absolute Gasteiger partial charge is 0.361 e. The van der Waals surface area contributed by atoms with Crippen LogP contribution in [0.2, 0.25) is 0 Å². The SMILES string of the molecule is Cl.NC1CCS(=O)(=O)C1.O=c1onc(-c2nonc2NC2CCS(=O)(=O)C2)n1-c1ccc(F)c(Br)c1.O=c1onc(-c2nonc2[N+](=O)[O-])n1-c1ccc(F)c(Br)c1. The Labute approximate surface area is 344 Å². The normalized spacial score (nSPS) is 17.7. The molecule has 2 aromatic carbocycles. The molecular weight excluding hydrogens is 980 g/mol. The van der Waals surface area contributed by atoms with Crippen LogP contribution in [0.25, 0.3) is 34.4 Å². The monoisotopic (exact) mass is 1000 g/mol. The maximum Gasteiger partial charge on any atom is 0.446 e. The van der Waals surface area contributed by atoms with Gasteiger partial charge in [0.05, 0.1) is 43.3 Å². The van der Waals surface area contributed by atoms with Crippen molar-refractivity contribution in [1.29, 1.82) is 0 Å². The number of halogens is 5. The number of sulfone groups is 2. The molecule has 6 aromatic rings. The summed E-state index contributed by atoms with van der Waals surface area (Å²) in [5.74, 6) is -3.24. The highest BCUT2D eigenvalue weighted by Gasteiger charge is 2.32. The van der Waals surface area contributed by atoms with Gasteiger partial charge >= 0.3 is 17.3 Å². The number of nitro groups is 1. The minimum absolute atomic E-state index is 0. The van der Waals surface area contributed by atoms with Gasteiger partial charge in [-0.3, -0.25) is 9.05 Å². The summed E-state index contributed by atoms with van der Waals surface area (Å²) in [7, 11) is -5.82. The third-order valence-electron chi connectivity index (χ3n) is 7.93. The second kappa shape index (κ2) is 17.7. The number of benzene rings is 2. The summed E-state index contributed by atoms with van der Waals surface area (Å²) >= 11 is 6.03. The molecule has 3 N–H and O–H groups in total. The van der Waals surface area contributed by atoms with Crippen molar-refractivity contribution in [2.45, 2.75) is 24.9 Å². The molecule has 2 unspecified atom stereocenters. The Hall–Kier alpha value is -5.23. The Morgan fingerprint density at radius 2 is 1.28 bits per heavy atom. The Kier molecular flexibility index (Phi) is 13.4. The Morgan fingerprint density at radius 1 is 0.776 bits per heavy atom. The van der Waals surface area contributed by atoms with E-state index in [-0.39, 0.29) is 91.0 Å². The van der Waals surface area contributed by atoms with Gasteiger partial charge in [-0.25, -0.2) is 49.0 Å². The summed E-state index contributed by atoms with van der Waals surface area (Å²) in [6, 6.07) is 7.09. The highest BCUT2D eigenvalue weighted by Crippen LogP contribution is 2.29. The molecule has 2 atom stereocenters. The number of hydrogen-bond donors (Lipinski definition) is 2. The van der Waals surface area contributed by atoms with Crippen molar-refractivity contribution in [3.05, 3.63) is 88.2 Å². The summed E-state index contributed by atoms with van der Waals surface area (Å²) in [6.07, 6.45) is 1.05. The maximum absolute atomic E-state index is 13.5. The summed E-state index contributed by atoms with van der Waals surface area (Å²) in [4.78, 5) is 33.9. The van der Waals surface area contributed by atoms with Crippen LogP contribution >= 0.6 is 44.3 Å². The minimum Gasteiger partial charge on any atom is -0.361 e. The van der Waals surface area contributed by atoms with Crippen LogP contribution in [0, 0.1) is 21.7 Å². The van der Waals surface area contributed by atoms with Crippen molar-refractivity contribution in [1.82, 2.24) is 40.1 Å². The minimum atomic E-state index is -3.10. The van der Waals surface area contributed by atoms with Crippen LogP contribution in [0.1, 0.15) is 12.8 Å². The first-order valence-electron chi connectivity index (χ1n) is 15.7. The van der Waals surface area contributed by atoms with Gasteiger partial charge in [0.1, 0.15) is 11.6 Å². The number of aromatic nitrogens is 8. The molecule has 2 aliphatic heterocycles. The molecule has 23 nitrogen and oxygen atoms in total. The van der Waals surface area contributed by atoms with Gasteiger partial charge in [-0.2, -0.15) is 0 Å². The van der Waals surface area contributed by atoms with Crippen LogP contribution in [0.4, 0.5) is 20.4 Å². The van der Waals surface area contributed by atoms with Crippen LogP contribution in [-0.4, -0.2) is 96.9 Å². The second-order valence-corrected chi connectivity index (χ2v) is 18.1. The highest BCUT2D eigenvalue weighted by molar-refractivity contribution is 9.10. The zero-order valence-corrected chi connectivity index (χ0v) is 34.2. The predicted octanol–water partition coefficient (Wildman–Crippen LogP) is 2.62. The van der Waals surface area contributed by atoms with E-state index in [1.54, 1.807) is 0 Å². The van der Waals surface area contributed by atoms with E-state index >= 15 is 0 Å². The van der Waals surface area contributed by atoms with Crippen molar-refractivity contribution < 1.29 is 48.8 Å². The molecular formula is C28H24Br2ClF2N11O12S2. The number of rotatable bonds is 7. The molecule has 0 spiro atoms. The topological polar surface area (TPSA) is 323 Å². The fourth-order valence-electron chi connectivity index (χ4n) is 5.30. The van der Waals surface area contributed by atoms with Gasteiger partial charge in [0.15, 0.2) is 30.5 Å². The van der Waals surface area contributed by atoms with Crippen molar-refractivity contribution in [3.8, 4) is 34.4 Å². The van der Waals surface area contributed by atoms with Gasteiger partial charge in [0, 0.05) is 12.1 Å². The van der Waals surface area contributed by atoms with E-state index in [0.29, 0.717) is 12.8 Å². The molecule has 0 bridgehead atoms. The van der Waals surface area contributed by atoms with Gasteiger partial charge in [-0.15, -0.1) is 17.0 Å². The number of hydrogen-bond acceptors (Lipinski definition) is 20. The standard InChI is InChI=1S/C14H11BrFN5O5S.C10H3BrFN5O5.C4H9NO2S.ClH/c15-9-5-8(1-2-10(9)16)21-13(20-25-14(21)22)11-12(19-26-18-11)17-7-3-4-27(23,24)6-7;11-5-3-4(1-2-6(5)12)16-8(14-21-10(16)18)7-9(17(19)20)15-22-13-7;5-4-1-2-8(6,7)3-4;/h1-2,5,7H,3-4,6H2,(H,17,19);1-3H;4H,1-3,5H2;1H. The van der Waals surface area contributed by atoms with Gasteiger partial charge in [-0.05, 0) is 101 Å². The van der Waals surface area contributed by atoms with Crippen molar-refractivity contribution >= 4 is 75.6 Å². The molecule has 0 radical (unpaired) electrons. The maximum atomic E-state index is 13.5. The second-order valence-electron chi connectivity index (χ2n) is 12.0. The average Bonchev–Trinajstić information content (AvgIpc) is 4.00. The first-order chi connectivity index (χ1) is 26.9. The highest BCUT2D eigenvalue weighted by atomic mass is 79.9. The van der Waals surface area contributed by atoms with Gasteiger partial charge < -0.3 is 21.2 Å². The first-order valence-corrected chi connectivity index (χ1v) is 21.0. The lowest BCUT2D eigenvalue weighted by atomic mass is 10.2. The third kappa shape index (κ3) is 9.89. The molecule has 2 aliphatic rings. The van der Waals surface area contributed by atoms with E-state index < -0.39 is 59.3 Å². The molecule has 4 aromatic heterocycles. The molecule has 8 rings (SSSR count). The molecule has 0 amide bonds. The fourth-order valence-corrected chi connectivity index (χ4v) is 9.36. The number of nitrogens with two attached hydrogens (primary N) is 1. The molecule has 6 heterocycles. The van der Waals surface area contributed by atoms with E-state index in [1.165, 1.54) is 30.3 Å². The van der Waals surface area contributed by atoms with Crippen molar-refractivity contribution in [2.75, 3.05) is 28.3 Å². The van der Waals surface area contributed by atoms with E-state index in [0.717, 1.165) is 15.2 Å². The Morgan fingerprint density at radius 3 is 1.72 bits per heavy atom. The molecule has 0 aliphatic carbocycles. The molecule has 310 valence electrons. The lowest BCUT2D eigenvalue weighted by Crippen LogP contribution is -2.21. The number of nitrogens with one attached hydrogen (secondary N) is 1. The first kappa shape index (κ1) is 43.9. The quantitative estimate of drug-likeness (QED) is 0.171. The van der Waals surface area contributed by atoms with E-state index in [9.17, 15) is 45.3 Å². The van der Waals surface area contributed by atoms with Crippen LogP contribution < -0.4 is 22.6 Å². The van der Waals surface area contributed by atoms with Crippen molar-refractivity contribution in [3.63, 3.8) is 0 Å². The van der Waals surface area contributed by atoms with Crippen LogP contribution in [0.3, 0.4) is 0 Å². The lowest BCUT2D eigenvalue weighted by molar-refractivity contribution is -0.390. The number of anilines is 1. The van der Waals surface area contributed by atoms with Crippen LogP contribution in [0.5, 0.6) is 0 Å². The largest absolute Gasteiger partial charge is 0.446 e. The van der Waals surface area contributed by atoms with E-state index in [2.05, 4.69) is 77.3 Å². The van der Waals surface area contributed by atoms with Crippen LogP contribution in [0.15, 0.2) is 73.2 Å². The van der Waals surface area contributed by atoms with Gasteiger partial charge in [0.2, 0.25) is 17.5 Å². The number of nitrogens with zero attached hydrogens (tertiary/aromatic N) is 9. The molecule has 2 fully saturated rings. The molecule has 0 saturated carbocycles. The summed E-state index contributed by atoms with van der Waals surface area (Å²) in [5, 5.41) is 34.8. The summed E-state index contributed by atoms with van der Waals surface area (Å²) in [5.41, 5.74) is 5.44. The molecule has 2 saturated heterocycles. The Balaban J connectivity index is 0.000000185. The summed E-state index contributed by atoms with van der Waals surface area (Å²) in [6.45, 7) is 0. The molecule has 58 heavy (non-hydrogen) atoms. The fraction of sp³-hybridized carbons (Fsp3) is 0.286. The molecule has 30 heteroatoms. The summed E-state index contributed by atoms with van der Waals surface area (Å²) < 4.78 is 91.5. The lowest BCUT2D eigenvalue weighted by Gasteiger charge is -2.09. The van der Waals surface area contributed by atoms with Crippen molar-refractivity contribution in [2.24, 2.45) is 5.73 Å². The van der Waals surface area contributed by atoms with Gasteiger partial charge in [0.25, 0.3) is 5.69 Å². The average molecular weight is 1000 g/mol. The van der Waals surface area contributed by atoms with Gasteiger partial charge in [-0.1, -0.05) is 10.3 Å². The predicted molar refractivity (Wildman–Crippen MR) is 202 cm³/mol. The van der Waals surface area contributed by atoms with E-state index in [1.807, 2.05) is 0 Å². The zero-order valence-electron chi connectivity index (χ0n) is 28.6. The Bertz CT molecular complexity index is 2810.